The van der Waals surface area contributed by atoms with E-state index in [1.54, 1.807) is 13.2 Å². The zero-order chi connectivity index (χ0) is 19.1. The van der Waals surface area contributed by atoms with E-state index in [0.29, 0.717) is 45.2 Å². The summed E-state index contributed by atoms with van der Waals surface area (Å²) in [7, 11) is 1.71. The van der Waals surface area contributed by atoms with Crippen molar-refractivity contribution in [2.24, 2.45) is 11.8 Å². The zero-order valence-corrected chi connectivity index (χ0v) is 15.7. The van der Waals surface area contributed by atoms with Crippen LogP contribution in [0.25, 0.3) is 0 Å². The Morgan fingerprint density at radius 1 is 0.963 bits per heavy atom. The molecule has 0 aromatic heterocycles. The number of aryl methyl sites for hydroxylation is 1. The second kappa shape index (κ2) is 10.4. The molecule has 0 unspecified atom stereocenters. The van der Waals surface area contributed by atoms with E-state index in [0.717, 1.165) is 31.1 Å². The van der Waals surface area contributed by atoms with E-state index in [4.69, 9.17) is 23.7 Å². The van der Waals surface area contributed by atoms with Crippen LogP contribution in [0.3, 0.4) is 0 Å². The first-order valence-electron chi connectivity index (χ1n) is 9.55. The van der Waals surface area contributed by atoms with Gasteiger partial charge < -0.3 is 23.7 Å². The van der Waals surface area contributed by atoms with Crippen molar-refractivity contribution in [3.05, 3.63) is 35.4 Å². The molecular weight excluding hydrogens is 358 g/mol. The number of rotatable bonds is 8. The Morgan fingerprint density at radius 3 is 2.37 bits per heavy atom. The molecule has 2 saturated heterocycles. The summed E-state index contributed by atoms with van der Waals surface area (Å²) >= 11 is 0. The summed E-state index contributed by atoms with van der Waals surface area (Å²) in [6, 6.07) is 3.94. The van der Waals surface area contributed by atoms with E-state index in [1.165, 1.54) is 6.07 Å². The van der Waals surface area contributed by atoms with Gasteiger partial charge in [0.25, 0.3) is 0 Å². The van der Waals surface area contributed by atoms with Crippen molar-refractivity contribution in [3.63, 3.8) is 0 Å². The summed E-state index contributed by atoms with van der Waals surface area (Å²) in [6.07, 6.45) is 2.55. The number of hydrogen-bond donors (Lipinski definition) is 0. The minimum Gasteiger partial charge on any atom is -0.385 e. The smallest absolute Gasteiger partial charge is 0.164 e. The van der Waals surface area contributed by atoms with Gasteiger partial charge in [0, 0.05) is 26.1 Å². The van der Waals surface area contributed by atoms with Crippen LogP contribution in [-0.4, -0.2) is 52.7 Å². The highest BCUT2D eigenvalue weighted by Crippen LogP contribution is 2.25. The van der Waals surface area contributed by atoms with Gasteiger partial charge in [0.1, 0.15) is 0 Å². The van der Waals surface area contributed by atoms with Crippen LogP contribution in [0, 0.1) is 23.5 Å². The van der Waals surface area contributed by atoms with E-state index in [9.17, 15) is 8.78 Å². The fourth-order valence-corrected chi connectivity index (χ4v) is 3.37. The van der Waals surface area contributed by atoms with E-state index >= 15 is 0 Å². The van der Waals surface area contributed by atoms with Gasteiger partial charge in [-0.2, -0.15) is 0 Å². The molecule has 152 valence electrons. The molecule has 0 N–H and O–H groups in total. The molecule has 5 nitrogen and oxygen atoms in total. The molecule has 1 aromatic carbocycles. The quantitative estimate of drug-likeness (QED) is 0.642. The molecule has 2 aliphatic heterocycles. The number of ether oxygens (including phenoxy) is 5. The van der Waals surface area contributed by atoms with Crippen LogP contribution in [0.15, 0.2) is 18.2 Å². The lowest BCUT2D eigenvalue weighted by atomic mass is 10.0. The van der Waals surface area contributed by atoms with Gasteiger partial charge in [0.2, 0.25) is 0 Å². The van der Waals surface area contributed by atoms with Gasteiger partial charge in [-0.25, -0.2) is 8.78 Å². The predicted octanol–water partition coefficient (Wildman–Crippen LogP) is 3.30. The average Bonchev–Trinajstić information content (AvgIpc) is 2.70. The van der Waals surface area contributed by atoms with Crippen LogP contribution in [0.5, 0.6) is 0 Å². The summed E-state index contributed by atoms with van der Waals surface area (Å²) in [5.74, 6) is -1.21. The average molecular weight is 386 g/mol. The molecule has 0 atom stereocenters. The SMILES string of the molecule is COCCC[C@H]1CO[C@H]([C@H]2CO[C@H](CCc3ccc(F)c(F)c3)OC2)OC1. The molecule has 3 rings (SSSR count). The monoisotopic (exact) mass is 386 g/mol. The van der Waals surface area contributed by atoms with Crippen molar-refractivity contribution < 1.29 is 32.5 Å². The maximum Gasteiger partial charge on any atom is 0.164 e. The summed E-state index contributed by atoms with van der Waals surface area (Å²) in [4.78, 5) is 0. The third-order valence-electron chi connectivity index (χ3n) is 4.98. The molecule has 0 bridgehead atoms. The number of benzene rings is 1. The maximum atomic E-state index is 13.2. The van der Waals surface area contributed by atoms with Gasteiger partial charge in [0.15, 0.2) is 24.2 Å². The third kappa shape index (κ3) is 6.19. The zero-order valence-electron chi connectivity index (χ0n) is 15.7. The highest BCUT2D eigenvalue weighted by atomic mass is 19.2. The van der Waals surface area contributed by atoms with E-state index in [2.05, 4.69) is 0 Å². The molecule has 0 spiro atoms. The minimum atomic E-state index is -0.833. The molecule has 7 heteroatoms. The fourth-order valence-electron chi connectivity index (χ4n) is 3.37. The van der Waals surface area contributed by atoms with Crippen LogP contribution in [-0.2, 0) is 30.1 Å². The van der Waals surface area contributed by atoms with E-state index in [-0.39, 0.29) is 18.5 Å². The third-order valence-corrected chi connectivity index (χ3v) is 4.98. The van der Waals surface area contributed by atoms with Crippen LogP contribution in [0.1, 0.15) is 24.8 Å². The lowest BCUT2D eigenvalue weighted by Crippen LogP contribution is -2.44. The van der Waals surface area contributed by atoms with E-state index in [1.807, 2.05) is 0 Å². The Balaban J connectivity index is 1.34. The van der Waals surface area contributed by atoms with Crippen molar-refractivity contribution in [2.75, 3.05) is 40.1 Å². The van der Waals surface area contributed by atoms with Crippen LogP contribution in [0.2, 0.25) is 0 Å². The second-order valence-electron chi connectivity index (χ2n) is 7.18. The molecule has 0 amide bonds. The standard InChI is InChI=1S/C20H28F2O5/c1-23-8-2-3-15-10-26-20(27-11-15)16-12-24-19(25-13-16)7-5-14-4-6-17(21)18(22)9-14/h4,6,9,15-16,19-20H,2-3,5,7-8,10-13H2,1H3/t15-,16-,19-,20-. The van der Waals surface area contributed by atoms with Gasteiger partial charge in [-0.05, 0) is 37.0 Å². The second-order valence-corrected chi connectivity index (χ2v) is 7.18. The first kappa shape index (κ1) is 20.6. The summed E-state index contributed by atoms with van der Waals surface area (Å²) in [5, 5.41) is 0. The molecule has 27 heavy (non-hydrogen) atoms. The molecule has 2 heterocycles. The largest absolute Gasteiger partial charge is 0.385 e. The van der Waals surface area contributed by atoms with Gasteiger partial charge in [-0.15, -0.1) is 0 Å². The minimum absolute atomic E-state index is 0.0458. The van der Waals surface area contributed by atoms with Crippen molar-refractivity contribution in [2.45, 2.75) is 38.3 Å². The predicted molar refractivity (Wildman–Crippen MR) is 94.2 cm³/mol. The lowest BCUT2D eigenvalue weighted by Gasteiger charge is -2.37. The number of halogens is 2. The molecule has 1 aromatic rings. The van der Waals surface area contributed by atoms with Crippen LogP contribution < -0.4 is 0 Å². The summed E-state index contributed by atoms with van der Waals surface area (Å²) in [6.45, 7) is 3.13. The summed E-state index contributed by atoms with van der Waals surface area (Å²) in [5.41, 5.74) is 0.724. The maximum absolute atomic E-state index is 13.2. The fraction of sp³-hybridized carbons (Fsp3) is 0.700. The van der Waals surface area contributed by atoms with Crippen molar-refractivity contribution in [1.82, 2.24) is 0 Å². The lowest BCUT2D eigenvalue weighted by molar-refractivity contribution is -0.281. The molecular formula is C20H28F2O5. The van der Waals surface area contributed by atoms with Crippen molar-refractivity contribution in [1.29, 1.82) is 0 Å². The molecule has 2 aliphatic rings. The van der Waals surface area contributed by atoms with Crippen molar-refractivity contribution in [3.8, 4) is 0 Å². The molecule has 0 saturated carbocycles. The van der Waals surface area contributed by atoms with Crippen molar-refractivity contribution >= 4 is 0 Å². The Kier molecular flexibility index (Phi) is 7.96. The van der Waals surface area contributed by atoms with Crippen LogP contribution >= 0.6 is 0 Å². The van der Waals surface area contributed by atoms with Gasteiger partial charge in [-0.1, -0.05) is 6.07 Å². The highest BCUT2D eigenvalue weighted by Gasteiger charge is 2.33. The molecule has 2 fully saturated rings. The van der Waals surface area contributed by atoms with Gasteiger partial charge in [-0.3, -0.25) is 0 Å². The first-order valence-corrected chi connectivity index (χ1v) is 9.55. The summed E-state index contributed by atoms with van der Waals surface area (Å²) < 4.78 is 54.5. The Hall–Kier alpha value is -1.12. The number of hydrogen-bond acceptors (Lipinski definition) is 5. The Labute approximate surface area is 158 Å². The Bertz CT molecular complexity index is 569. The first-order chi connectivity index (χ1) is 13.2. The number of methoxy groups -OCH3 is 1. The van der Waals surface area contributed by atoms with E-state index < -0.39 is 11.6 Å². The molecule has 0 radical (unpaired) electrons. The normalized spacial score (nSPS) is 29.0. The Morgan fingerprint density at radius 2 is 1.70 bits per heavy atom. The topological polar surface area (TPSA) is 46.2 Å². The highest BCUT2D eigenvalue weighted by molar-refractivity contribution is 5.17. The van der Waals surface area contributed by atoms with Crippen LogP contribution in [0.4, 0.5) is 8.78 Å². The molecule has 0 aliphatic carbocycles. The van der Waals surface area contributed by atoms with Gasteiger partial charge in [0.05, 0.1) is 32.3 Å². The van der Waals surface area contributed by atoms with Gasteiger partial charge >= 0.3 is 0 Å².